The Morgan fingerprint density at radius 3 is 2.59 bits per heavy atom. The molecule has 0 aromatic heterocycles. The molecule has 3 heterocycles. The third-order valence-electron chi connectivity index (χ3n) is 3.22. The van der Waals surface area contributed by atoms with E-state index in [2.05, 4.69) is 6.58 Å². The minimum absolute atomic E-state index is 0.157. The molecule has 3 aliphatic heterocycles. The van der Waals surface area contributed by atoms with Crippen LogP contribution in [0.1, 0.15) is 6.42 Å². The quantitative estimate of drug-likeness (QED) is 0.475. The molecule has 4 atom stereocenters. The fourth-order valence-corrected chi connectivity index (χ4v) is 2.33. The van der Waals surface area contributed by atoms with Crippen LogP contribution in [-0.4, -0.2) is 50.6 Å². The first-order valence-corrected chi connectivity index (χ1v) is 5.57. The van der Waals surface area contributed by atoms with Crippen molar-refractivity contribution in [2.24, 2.45) is 0 Å². The van der Waals surface area contributed by atoms with Gasteiger partial charge < -0.3 is 23.7 Å². The Labute approximate surface area is 98.4 Å². The number of hydrogen-bond acceptors (Lipinski definition) is 6. The molecule has 0 saturated carbocycles. The molecule has 0 aliphatic carbocycles. The summed E-state index contributed by atoms with van der Waals surface area (Å²) in [5.41, 5.74) is 0.480. The number of carbonyl (C=O) groups excluding carboxylic acids is 1. The number of esters is 1. The predicted molar refractivity (Wildman–Crippen MR) is 53.9 cm³/mol. The van der Waals surface area contributed by atoms with E-state index in [1.165, 1.54) is 0 Å². The highest BCUT2D eigenvalue weighted by Gasteiger charge is 2.46. The highest BCUT2D eigenvalue weighted by atomic mass is 16.8. The van der Waals surface area contributed by atoms with Crippen LogP contribution in [-0.2, 0) is 28.5 Å². The molecule has 3 aliphatic rings. The lowest BCUT2D eigenvalue weighted by Crippen LogP contribution is -2.56. The molecule has 3 saturated heterocycles. The van der Waals surface area contributed by atoms with Crippen molar-refractivity contribution in [1.29, 1.82) is 0 Å². The zero-order chi connectivity index (χ0) is 11.8. The molecular formula is C11H14O6. The molecular weight excluding hydrogens is 228 g/mol. The van der Waals surface area contributed by atoms with E-state index in [4.69, 9.17) is 23.7 Å². The monoisotopic (exact) mass is 242 g/mol. The topological polar surface area (TPSA) is 63.2 Å². The van der Waals surface area contributed by atoms with Crippen LogP contribution >= 0.6 is 0 Å². The minimum Gasteiger partial charge on any atom is -0.456 e. The van der Waals surface area contributed by atoms with Gasteiger partial charge in [0.05, 0.1) is 6.61 Å². The van der Waals surface area contributed by atoms with E-state index in [9.17, 15) is 4.79 Å². The van der Waals surface area contributed by atoms with Crippen LogP contribution in [0.25, 0.3) is 0 Å². The van der Waals surface area contributed by atoms with Crippen LogP contribution in [0, 0.1) is 0 Å². The van der Waals surface area contributed by atoms with Crippen LogP contribution in [0.15, 0.2) is 12.2 Å². The van der Waals surface area contributed by atoms with E-state index in [1.54, 1.807) is 0 Å². The number of ether oxygens (including phenoxy) is 5. The molecule has 0 aromatic rings. The van der Waals surface area contributed by atoms with Crippen molar-refractivity contribution >= 4 is 5.97 Å². The average Bonchev–Trinajstić information content (AvgIpc) is 2.69. The largest absolute Gasteiger partial charge is 0.456 e. The Morgan fingerprint density at radius 1 is 1.06 bits per heavy atom. The summed E-state index contributed by atoms with van der Waals surface area (Å²) < 4.78 is 26.8. The first-order chi connectivity index (χ1) is 8.25. The zero-order valence-corrected chi connectivity index (χ0v) is 9.29. The fourth-order valence-electron chi connectivity index (χ4n) is 2.33. The van der Waals surface area contributed by atoms with Gasteiger partial charge in [0.2, 0.25) is 0 Å². The summed E-state index contributed by atoms with van der Waals surface area (Å²) in [6.07, 6.45) is -0.557. The maximum absolute atomic E-state index is 11.3. The Balaban J connectivity index is 1.73. The first kappa shape index (κ1) is 11.2. The van der Waals surface area contributed by atoms with Gasteiger partial charge in [-0.3, -0.25) is 0 Å². The Bertz CT molecular complexity index is 323. The van der Waals surface area contributed by atoms with Crippen LogP contribution in [0.4, 0.5) is 0 Å². The smallest absolute Gasteiger partial charge is 0.333 e. The second-order valence-electron chi connectivity index (χ2n) is 4.33. The lowest BCUT2D eigenvalue weighted by Gasteiger charge is -2.41. The van der Waals surface area contributed by atoms with Gasteiger partial charge in [0.25, 0.3) is 0 Å². The van der Waals surface area contributed by atoms with E-state index in [1.807, 2.05) is 0 Å². The molecule has 0 bridgehead atoms. The first-order valence-electron chi connectivity index (χ1n) is 5.57. The van der Waals surface area contributed by atoms with Crippen molar-refractivity contribution in [3.05, 3.63) is 12.2 Å². The van der Waals surface area contributed by atoms with Crippen molar-refractivity contribution in [3.63, 3.8) is 0 Å². The van der Waals surface area contributed by atoms with Gasteiger partial charge in [0.1, 0.15) is 38.0 Å². The molecule has 0 amide bonds. The Kier molecular flexibility index (Phi) is 2.87. The molecule has 6 nitrogen and oxygen atoms in total. The molecule has 17 heavy (non-hydrogen) atoms. The van der Waals surface area contributed by atoms with Gasteiger partial charge in [-0.2, -0.15) is 0 Å². The van der Waals surface area contributed by atoms with Crippen molar-refractivity contribution in [1.82, 2.24) is 0 Å². The summed E-state index contributed by atoms with van der Waals surface area (Å²) in [6.45, 7) is 4.52. The molecule has 0 N–H and O–H groups in total. The number of fused-ring (bicyclic) bond motifs is 1. The SMILES string of the molecule is C=C1C[C@@H]([C@H]2OCO[C@@H]3COCO[C@H]23)OC1=O. The summed E-state index contributed by atoms with van der Waals surface area (Å²) >= 11 is 0. The number of cyclic esters (lactones) is 1. The molecule has 94 valence electrons. The predicted octanol–water partition coefficient (Wildman–Crippen LogP) is -0.0275. The third kappa shape index (κ3) is 1.97. The molecule has 0 aromatic carbocycles. The van der Waals surface area contributed by atoms with E-state index in [0.29, 0.717) is 18.6 Å². The second kappa shape index (κ2) is 4.38. The van der Waals surface area contributed by atoms with E-state index >= 15 is 0 Å². The zero-order valence-electron chi connectivity index (χ0n) is 9.29. The van der Waals surface area contributed by atoms with Gasteiger partial charge >= 0.3 is 5.97 Å². The maximum atomic E-state index is 11.3. The molecule has 3 fully saturated rings. The van der Waals surface area contributed by atoms with Crippen LogP contribution in [0.5, 0.6) is 0 Å². The van der Waals surface area contributed by atoms with Gasteiger partial charge in [-0.1, -0.05) is 6.58 Å². The van der Waals surface area contributed by atoms with Crippen LogP contribution in [0.2, 0.25) is 0 Å². The summed E-state index contributed by atoms with van der Waals surface area (Å²) in [4.78, 5) is 11.3. The van der Waals surface area contributed by atoms with E-state index in [0.717, 1.165) is 0 Å². The van der Waals surface area contributed by atoms with Crippen molar-refractivity contribution in [3.8, 4) is 0 Å². The van der Waals surface area contributed by atoms with Gasteiger partial charge in [0, 0.05) is 12.0 Å². The lowest BCUT2D eigenvalue weighted by molar-refractivity contribution is -0.312. The standard InChI is InChI=1S/C11H14O6/c1-6-2-7(17-11(6)12)9-10-8(14-5-16-9)3-13-4-15-10/h7-10H,1-5H2/t7-,8+,9+,10-/m0/s1. The highest BCUT2D eigenvalue weighted by Crippen LogP contribution is 2.30. The summed E-state index contributed by atoms with van der Waals surface area (Å²) in [7, 11) is 0. The minimum atomic E-state index is -0.353. The maximum Gasteiger partial charge on any atom is 0.333 e. The summed E-state index contributed by atoms with van der Waals surface area (Å²) in [5, 5.41) is 0. The van der Waals surface area contributed by atoms with Crippen molar-refractivity contribution < 1.29 is 28.5 Å². The molecule has 3 rings (SSSR count). The summed E-state index contributed by atoms with van der Waals surface area (Å²) in [6, 6.07) is 0. The molecule has 0 spiro atoms. The average molecular weight is 242 g/mol. The lowest BCUT2D eigenvalue weighted by atomic mass is 9.98. The van der Waals surface area contributed by atoms with Gasteiger partial charge in [-0.05, 0) is 0 Å². The van der Waals surface area contributed by atoms with E-state index < -0.39 is 0 Å². The Morgan fingerprint density at radius 2 is 1.82 bits per heavy atom. The fraction of sp³-hybridized carbons (Fsp3) is 0.727. The highest BCUT2D eigenvalue weighted by molar-refractivity contribution is 5.90. The normalized spacial score (nSPS) is 42.1. The van der Waals surface area contributed by atoms with Crippen molar-refractivity contribution in [2.45, 2.75) is 30.8 Å². The number of rotatable bonds is 1. The third-order valence-corrected chi connectivity index (χ3v) is 3.22. The number of carbonyl (C=O) groups is 1. The van der Waals surface area contributed by atoms with Gasteiger partial charge in [0.15, 0.2) is 0 Å². The van der Waals surface area contributed by atoms with Crippen molar-refractivity contribution in [2.75, 3.05) is 20.2 Å². The molecule has 0 radical (unpaired) electrons. The second-order valence-corrected chi connectivity index (χ2v) is 4.33. The van der Waals surface area contributed by atoms with Crippen LogP contribution < -0.4 is 0 Å². The Hall–Kier alpha value is -0.950. The molecule has 0 unspecified atom stereocenters. The van der Waals surface area contributed by atoms with Gasteiger partial charge in [-0.25, -0.2) is 4.79 Å². The summed E-state index contributed by atoms with van der Waals surface area (Å²) in [5.74, 6) is -0.353. The van der Waals surface area contributed by atoms with E-state index in [-0.39, 0.29) is 44.0 Å². The molecule has 6 heteroatoms. The van der Waals surface area contributed by atoms with Crippen LogP contribution in [0.3, 0.4) is 0 Å². The number of hydrogen-bond donors (Lipinski definition) is 0. The van der Waals surface area contributed by atoms with Gasteiger partial charge in [-0.15, -0.1) is 0 Å².